The lowest BCUT2D eigenvalue weighted by Gasteiger charge is -2.10. The third-order valence-electron chi connectivity index (χ3n) is 4.24. The third kappa shape index (κ3) is 3.99. The molecule has 0 N–H and O–H groups in total. The van der Waals surface area contributed by atoms with E-state index in [1.165, 1.54) is 4.57 Å². The lowest BCUT2D eigenvalue weighted by Crippen LogP contribution is -2.25. The lowest BCUT2D eigenvalue weighted by molar-refractivity contribution is 0.300. The number of benzene rings is 2. The van der Waals surface area contributed by atoms with Crippen molar-refractivity contribution in [1.29, 1.82) is 0 Å². The zero-order chi connectivity index (χ0) is 18.7. The van der Waals surface area contributed by atoms with Crippen LogP contribution in [0.3, 0.4) is 0 Å². The minimum Gasteiger partial charge on any atom is -0.494 e. The fourth-order valence-electron chi connectivity index (χ4n) is 2.82. The minimum atomic E-state index is -0.624. The molecule has 0 bridgehead atoms. The van der Waals surface area contributed by atoms with Crippen LogP contribution in [0.25, 0.3) is 10.9 Å². The second-order valence-electron chi connectivity index (χ2n) is 6.29. The molecule has 0 radical (unpaired) electrons. The van der Waals surface area contributed by atoms with E-state index in [0.717, 1.165) is 29.7 Å². The Bertz CT molecular complexity index is 1050. The molecule has 0 fully saturated rings. The van der Waals surface area contributed by atoms with Gasteiger partial charge >= 0.3 is 11.4 Å². The van der Waals surface area contributed by atoms with Crippen molar-refractivity contribution in [3.63, 3.8) is 0 Å². The molecule has 0 aliphatic carbocycles. The van der Waals surface area contributed by atoms with Gasteiger partial charge in [0, 0.05) is 11.6 Å². The molecule has 0 aliphatic rings. The Morgan fingerprint density at radius 3 is 2.65 bits per heavy atom. The van der Waals surface area contributed by atoms with Crippen molar-refractivity contribution in [3.05, 3.63) is 73.5 Å². The quantitative estimate of drug-likeness (QED) is 0.611. The van der Waals surface area contributed by atoms with E-state index in [0.29, 0.717) is 29.1 Å². The predicted molar refractivity (Wildman–Crippen MR) is 102 cm³/mol. The van der Waals surface area contributed by atoms with Gasteiger partial charge in [0.15, 0.2) is 0 Å². The summed E-state index contributed by atoms with van der Waals surface area (Å²) in [4.78, 5) is 23.9. The molecule has 3 rings (SSSR count). The Hall–Kier alpha value is -2.53. The maximum absolute atomic E-state index is 12.0. The van der Waals surface area contributed by atoms with Crippen molar-refractivity contribution in [2.75, 3.05) is 6.61 Å². The Kier molecular flexibility index (Phi) is 5.47. The SMILES string of the molecule is Cc1ccc2c(c1)c(=O)oc(=O)n2CCCCOc1ccc(Cl)c(C)c1. The van der Waals surface area contributed by atoms with Crippen LogP contribution in [0.2, 0.25) is 5.02 Å². The Balaban J connectivity index is 1.64. The predicted octanol–water partition coefficient (Wildman–Crippen LogP) is 4.08. The molecule has 26 heavy (non-hydrogen) atoms. The first-order valence-electron chi connectivity index (χ1n) is 8.49. The molecule has 0 aliphatic heterocycles. The Morgan fingerprint density at radius 2 is 1.88 bits per heavy atom. The summed E-state index contributed by atoms with van der Waals surface area (Å²) in [7, 11) is 0. The lowest BCUT2D eigenvalue weighted by atomic mass is 10.1. The highest BCUT2D eigenvalue weighted by Crippen LogP contribution is 2.21. The van der Waals surface area contributed by atoms with Crippen molar-refractivity contribution < 1.29 is 9.15 Å². The second-order valence-corrected chi connectivity index (χ2v) is 6.70. The Labute approximate surface area is 155 Å². The highest BCUT2D eigenvalue weighted by Gasteiger charge is 2.09. The molecule has 0 saturated heterocycles. The van der Waals surface area contributed by atoms with E-state index in [2.05, 4.69) is 0 Å². The van der Waals surface area contributed by atoms with E-state index in [9.17, 15) is 9.59 Å². The standard InChI is InChI=1S/C20H20ClNO4/c1-13-5-8-18-16(11-13)19(23)26-20(24)22(18)9-3-4-10-25-15-6-7-17(21)14(2)12-15/h5-8,11-12H,3-4,9-10H2,1-2H3. The average Bonchev–Trinajstić information content (AvgIpc) is 2.60. The number of fused-ring (bicyclic) bond motifs is 1. The van der Waals surface area contributed by atoms with Gasteiger partial charge in [0.25, 0.3) is 0 Å². The topological polar surface area (TPSA) is 61.4 Å². The van der Waals surface area contributed by atoms with E-state index in [4.69, 9.17) is 20.8 Å². The maximum atomic E-state index is 12.0. The Morgan fingerprint density at radius 1 is 1.08 bits per heavy atom. The number of hydrogen-bond acceptors (Lipinski definition) is 4. The first kappa shape index (κ1) is 18.3. The molecule has 5 nitrogen and oxygen atoms in total. The van der Waals surface area contributed by atoms with Gasteiger partial charge in [-0.15, -0.1) is 0 Å². The number of aryl methyl sites for hydroxylation is 3. The van der Waals surface area contributed by atoms with Crippen molar-refractivity contribution in [1.82, 2.24) is 4.57 Å². The number of aromatic nitrogens is 1. The van der Waals surface area contributed by atoms with Crippen molar-refractivity contribution in [2.45, 2.75) is 33.2 Å². The first-order valence-corrected chi connectivity index (χ1v) is 8.87. The molecule has 0 saturated carbocycles. The number of rotatable bonds is 6. The molecule has 3 aromatic rings. The van der Waals surface area contributed by atoms with Crippen LogP contribution in [-0.2, 0) is 6.54 Å². The van der Waals surface area contributed by atoms with Gasteiger partial charge in [0.2, 0.25) is 0 Å². The van der Waals surface area contributed by atoms with E-state index in [1.54, 1.807) is 12.1 Å². The largest absolute Gasteiger partial charge is 0.494 e. The van der Waals surface area contributed by atoms with Crippen LogP contribution in [0.5, 0.6) is 5.75 Å². The number of nitrogens with zero attached hydrogens (tertiary/aromatic N) is 1. The summed E-state index contributed by atoms with van der Waals surface area (Å²) in [6, 6.07) is 10.9. The molecule has 0 spiro atoms. The van der Waals surface area contributed by atoms with Crippen molar-refractivity contribution >= 4 is 22.5 Å². The van der Waals surface area contributed by atoms with E-state index >= 15 is 0 Å². The van der Waals surface area contributed by atoms with Gasteiger partial charge in [0.05, 0.1) is 17.5 Å². The zero-order valence-electron chi connectivity index (χ0n) is 14.8. The summed E-state index contributed by atoms with van der Waals surface area (Å²) >= 11 is 6.00. The van der Waals surface area contributed by atoms with Gasteiger partial charge in [-0.3, -0.25) is 4.57 Å². The van der Waals surface area contributed by atoms with E-state index < -0.39 is 11.4 Å². The maximum Gasteiger partial charge on any atom is 0.422 e. The zero-order valence-corrected chi connectivity index (χ0v) is 15.5. The van der Waals surface area contributed by atoms with Gasteiger partial charge in [0.1, 0.15) is 5.75 Å². The van der Waals surface area contributed by atoms with E-state index in [1.807, 2.05) is 38.1 Å². The molecule has 0 atom stereocenters. The highest BCUT2D eigenvalue weighted by molar-refractivity contribution is 6.31. The van der Waals surface area contributed by atoms with Crippen molar-refractivity contribution in [2.24, 2.45) is 0 Å². The summed E-state index contributed by atoms with van der Waals surface area (Å²) in [5.41, 5.74) is 1.93. The van der Waals surface area contributed by atoms with Gasteiger partial charge in [-0.25, -0.2) is 9.59 Å². The summed E-state index contributed by atoms with van der Waals surface area (Å²) < 4.78 is 12.1. The monoisotopic (exact) mass is 373 g/mol. The summed E-state index contributed by atoms with van der Waals surface area (Å²) in [6.07, 6.45) is 1.49. The van der Waals surface area contributed by atoms with E-state index in [-0.39, 0.29) is 0 Å². The van der Waals surface area contributed by atoms with Gasteiger partial charge < -0.3 is 9.15 Å². The van der Waals surface area contributed by atoms with Crippen LogP contribution in [-0.4, -0.2) is 11.2 Å². The van der Waals surface area contributed by atoms with Crippen LogP contribution < -0.4 is 16.1 Å². The summed E-state index contributed by atoms with van der Waals surface area (Å²) in [6.45, 7) is 4.82. The number of ether oxygens (including phenoxy) is 1. The molecular weight excluding hydrogens is 354 g/mol. The number of unbranched alkanes of at least 4 members (excludes halogenated alkanes) is 1. The smallest absolute Gasteiger partial charge is 0.422 e. The molecule has 0 amide bonds. The average molecular weight is 374 g/mol. The normalized spacial score (nSPS) is 11.0. The molecule has 2 aromatic carbocycles. The number of halogens is 1. The van der Waals surface area contributed by atoms with Gasteiger partial charge in [-0.2, -0.15) is 0 Å². The highest BCUT2D eigenvalue weighted by atomic mass is 35.5. The fourth-order valence-corrected chi connectivity index (χ4v) is 2.93. The molecular formula is C20H20ClNO4. The van der Waals surface area contributed by atoms with Crippen molar-refractivity contribution in [3.8, 4) is 5.75 Å². The summed E-state index contributed by atoms with van der Waals surface area (Å²) in [5, 5.41) is 1.14. The summed E-state index contributed by atoms with van der Waals surface area (Å²) in [5.74, 6) is 0.149. The first-order chi connectivity index (χ1) is 12.5. The molecule has 1 aromatic heterocycles. The van der Waals surface area contributed by atoms with Gasteiger partial charge in [-0.1, -0.05) is 23.2 Å². The van der Waals surface area contributed by atoms with Crippen LogP contribution in [0, 0.1) is 13.8 Å². The third-order valence-corrected chi connectivity index (χ3v) is 4.66. The fraction of sp³-hybridized carbons (Fsp3) is 0.300. The molecule has 0 unspecified atom stereocenters. The van der Waals surface area contributed by atoms with Crippen LogP contribution in [0.4, 0.5) is 0 Å². The molecule has 1 heterocycles. The van der Waals surface area contributed by atoms with Crippen LogP contribution in [0.15, 0.2) is 50.4 Å². The van der Waals surface area contributed by atoms with Crippen LogP contribution in [0.1, 0.15) is 24.0 Å². The second kappa shape index (κ2) is 7.79. The molecule has 6 heteroatoms. The number of hydrogen-bond donors (Lipinski definition) is 0. The molecule has 136 valence electrons. The van der Waals surface area contributed by atoms with Crippen LogP contribution >= 0.6 is 11.6 Å². The van der Waals surface area contributed by atoms with Gasteiger partial charge in [-0.05, 0) is 62.6 Å². The minimum absolute atomic E-state index is 0.428.